The molecule has 1 aliphatic rings. The molecular formula is C22H24IN3O2S2. The molecule has 30 heavy (non-hydrogen) atoms. The van der Waals surface area contributed by atoms with Crippen LogP contribution in [-0.4, -0.2) is 24.3 Å². The Morgan fingerprint density at radius 2 is 1.67 bits per heavy atom. The number of non-ortho nitro benzene ring substituents is 1. The molecule has 5 nitrogen and oxygen atoms in total. The number of rotatable bonds is 5. The van der Waals surface area contributed by atoms with Crippen LogP contribution in [-0.2, 0) is 0 Å². The molecule has 0 radical (unpaired) electrons. The molecule has 0 amide bonds. The second kappa shape index (κ2) is 10.1. The van der Waals surface area contributed by atoms with Crippen LogP contribution < -0.4 is 33.4 Å². The zero-order chi connectivity index (χ0) is 20.4. The number of thiazole rings is 1. The van der Waals surface area contributed by atoms with Crippen molar-refractivity contribution in [2.75, 3.05) is 24.2 Å². The van der Waals surface area contributed by atoms with Crippen LogP contribution in [0.3, 0.4) is 0 Å². The van der Waals surface area contributed by atoms with Gasteiger partial charge in [-0.2, -0.15) is 4.57 Å². The summed E-state index contributed by atoms with van der Waals surface area (Å²) < 4.78 is 2.28. The Bertz CT molecular complexity index is 1010. The van der Waals surface area contributed by atoms with E-state index in [9.17, 15) is 10.1 Å². The average Bonchev–Trinajstić information content (AvgIpc) is 3.14. The monoisotopic (exact) mass is 553 g/mol. The number of nitrogens with zero attached hydrogens (tertiary/aromatic N) is 3. The topological polar surface area (TPSA) is 50.3 Å². The molecule has 2 heterocycles. The zero-order valence-corrected chi connectivity index (χ0v) is 20.8. The number of hydrogen-bond acceptors (Lipinski definition) is 5. The minimum atomic E-state index is -0.346. The highest BCUT2D eigenvalue weighted by atomic mass is 127. The lowest BCUT2D eigenvalue weighted by Gasteiger charge is -2.21. The van der Waals surface area contributed by atoms with Gasteiger partial charge in [0.05, 0.1) is 22.9 Å². The smallest absolute Gasteiger partial charge is 0.342 e. The van der Waals surface area contributed by atoms with Crippen molar-refractivity contribution in [2.24, 2.45) is 0 Å². The van der Waals surface area contributed by atoms with E-state index in [2.05, 4.69) is 46.9 Å². The van der Waals surface area contributed by atoms with Gasteiger partial charge in [0.2, 0.25) is 0 Å². The highest BCUT2D eigenvalue weighted by Gasteiger charge is 2.31. The first kappa shape index (κ1) is 23.0. The summed E-state index contributed by atoms with van der Waals surface area (Å²) in [4.78, 5) is 14.5. The van der Waals surface area contributed by atoms with Crippen molar-refractivity contribution in [3.05, 3.63) is 64.2 Å². The number of thioether (sulfide) groups is 1. The van der Waals surface area contributed by atoms with Crippen molar-refractivity contribution in [1.29, 1.82) is 0 Å². The van der Waals surface area contributed by atoms with Crippen LogP contribution in [0.1, 0.15) is 24.8 Å². The lowest BCUT2D eigenvalue weighted by molar-refractivity contribution is -0.617. The van der Waals surface area contributed by atoms with Crippen LogP contribution in [0, 0.1) is 17.0 Å². The minimum Gasteiger partial charge on any atom is -1.00 e. The largest absolute Gasteiger partial charge is 1.00 e. The van der Waals surface area contributed by atoms with Gasteiger partial charge in [-0.3, -0.25) is 15.0 Å². The second-order valence-electron chi connectivity index (χ2n) is 7.25. The Labute approximate surface area is 202 Å². The van der Waals surface area contributed by atoms with Gasteiger partial charge in [0.25, 0.3) is 5.69 Å². The number of benzene rings is 2. The first-order valence-corrected chi connectivity index (χ1v) is 11.8. The normalized spacial score (nSPS) is 13.7. The maximum atomic E-state index is 11.1. The summed E-state index contributed by atoms with van der Waals surface area (Å²) in [5.74, 6) is 0. The van der Waals surface area contributed by atoms with Crippen molar-refractivity contribution < 1.29 is 33.5 Å². The molecular weight excluding hydrogens is 529 g/mol. The van der Waals surface area contributed by atoms with Crippen LogP contribution in [0.5, 0.6) is 0 Å². The third kappa shape index (κ3) is 4.65. The zero-order valence-electron chi connectivity index (χ0n) is 17.0. The van der Waals surface area contributed by atoms with Crippen molar-refractivity contribution in [1.82, 2.24) is 0 Å². The molecule has 1 aliphatic heterocycles. The van der Waals surface area contributed by atoms with E-state index < -0.39 is 0 Å². The quantitative estimate of drug-likeness (QED) is 0.160. The third-order valence-electron chi connectivity index (χ3n) is 5.23. The molecule has 0 spiro atoms. The van der Waals surface area contributed by atoms with Gasteiger partial charge in [-0.05, 0) is 61.5 Å². The van der Waals surface area contributed by atoms with E-state index in [0.717, 1.165) is 18.8 Å². The molecule has 1 saturated heterocycles. The summed E-state index contributed by atoms with van der Waals surface area (Å²) in [5.41, 5.74) is 3.54. The van der Waals surface area contributed by atoms with Crippen molar-refractivity contribution in [3.63, 3.8) is 0 Å². The first-order valence-electron chi connectivity index (χ1n) is 9.78. The van der Waals surface area contributed by atoms with Crippen LogP contribution in [0.4, 0.5) is 10.8 Å². The number of aromatic nitrogens is 1. The van der Waals surface area contributed by atoms with Crippen molar-refractivity contribution in [2.45, 2.75) is 31.2 Å². The third-order valence-corrected chi connectivity index (χ3v) is 7.39. The molecule has 3 aromatic rings. The molecule has 4 rings (SSSR count). The summed E-state index contributed by atoms with van der Waals surface area (Å²) >= 11 is 3.54. The van der Waals surface area contributed by atoms with Gasteiger partial charge in [-0.15, -0.1) is 0 Å². The number of nitro benzene ring substituents is 1. The summed E-state index contributed by atoms with van der Waals surface area (Å²) in [6, 6.07) is 15.6. The fourth-order valence-corrected chi connectivity index (χ4v) is 6.01. The molecule has 0 aliphatic carbocycles. The number of piperidine rings is 1. The fourth-order valence-electron chi connectivity index (χ4n) is 3.68. The average molecular weight is 553 g/mol. The predicted molar refractivity (Wildman–Crippen MR) is 121 cm³/mol. The highest BCUT2D eigenvalue weighted by molar-refractivity contribution is 7.98. The van der Waals surface area contributed by atoms with E-state index >= 15 is 0 Å². The van der Waals surface area contributed by atoms with Gasteiger partial charge in [0.1, 0.15) is 5.69 Å². The Hall–Kier alpha value is -1.65. The van der Waals surface area contributed by atoms with Crippen LogP contribution in [0.25, 0.3) is 16.1 Å². The molecule has 158 valence electrons. The molecule has 1 aromatic heterocycles. The van der Waals surface area contributed by atoms with Crippen molar-refractivity contribution >= 4 is 33.9 Å². The van der Waals surface area contributed by atoms with E-state index in [1.165, 1.54) is 45.4 Å². The SMILES string of the molecule is CSc1c(-c2ccc(C)cc2)sc(N2CCCCC2)[n+]1-c1ccc([N+](=O)[O-])cc1.[I-]. The van der Waals surface area contributed by atoms with Gasteiger partial charge in [0.15, 0.2) is 5.03 Å². The minimum absolute atomic E-state index is 0. The lowest BCUT2D eigenvalue weighted by atomic mass is 10.1. The van der Waals surface area contributed by atoms with Gasteiger partial charge in [0, 0.05) is 12.1 Å². The summed E-state index contributed by atoms with van der Waals surface area (Å²) in [6.45, 7) is 4.20. The van der Waals surface area contributed by atoms with E-state index in [1.807, 2.05) is 23.5 Å². The maximum Gasteiger partial charge on any atom is 0.342 e. The lowest BCUT2D eigenvalue weighted by Crippen LogP contribution is -3.00. The Morgan fingerprint density at radius 1 is 1.03 bits per heavy atom. The fraction of sp³-hybridized carbons (Fsp3) is 0.318. The van der Waals surface area contributed by atoms with Gasteiger partial charge < -0.3 is 24.0 Å². The van der Waals surface area contributed by atoms with E-state index in [1.54, 1.807) is 23.9 Å². The molecule has 2 aromatic carbocycles. The number of nitro groups is 1. The van der Waals surface area contributed by atoms with E-state index in [4.69, 9.17) is 0 Å². The van der Waals surface area contributed by atoms with Crippen LogP contribution in [0.15, 0.2) is 53.6 Å². The predicted octanol–water partition coefficient (Wildman–Crippen LogP) is 2.62. The number of aryl methyl sites for hydroxylation is 1. The Morgan fingerprint density at radius 3 is 2.23 bits per heavy atom. The first-order chi connectivity index (χ1) is 14.1. The molecule has 0 unspecified atom stereocenters. The van der Waals surface area contributed by atoms with E-state index in [-0.39, 0.29) is 34.6 Å². The summed E-state index contributed by atoms with van der Waals surface area (Å²) in [6.07, 6.45) is 5.78. The van der Waals surface area contributed by atoms with Gasteiger partial charge in [-0.1, -0.05) is 41.6 Å². The van der Waals surface area contributed by atoms with E-state index in [0.29, 0.717) is 0 Å². The molecule has 0 bridgehead atoms. The molecule has 0 atom stereocenters. The summed E-state index contributed by atoms with van der Waals surface area (Å²) in [5, 5.41) is 13.5. The second-order valence-corrected chi connectivity index (χ2v) is 9.02. The standard InChI is InChI=1S/C22H24N3O2S2.HI/c1-16-6-8-17(9-7-16)20-21(28-2)24(18-10-12-19(13-11-18)25(26)27)22(29-20)23-14-4-3-5-15-23;/h6-13H,3-5,14-15H2,1-2H3;1H/q+1;/p-1. The molecule has 0 N–H and O–H groups in total. The van der Waals surface area contributed by atoms with Gasteiger partial charge in [-0.25, -0.2) is 0 Å². The maximum absolute atomic E-state index is 11.1. The number of halogens is 1. The van der Waals surface area contributed by atoms with Crippen LogP contribution in [0.2, 0.25) is 0 Å². The number of hydrogen-bond donors (Lipinski definition) is 0. The molecule has 8 heteroatoms. The molecule has 1 fully saturated rings. The van der Waals surface area contributed by atoms with Gasteiger partial charge >= 0.3 is 5.13 Å². The van der Waals surface area contributed by atoms with Crippen molar-refractivity contribution in [3.8, 4) is 16.1 Å². The Balaban J connectivity index is 0.00000256. The summed E-state index contributed by atoms with van der Waals surface area (Å²) in [7, 11) is 0. The molecule has 0 saturated carbocycles. The highest BCUT2D eigenvalue weighted by Crippen LogP contribution is 2.39. The Kier molecular flexibility index (Phi) is 7.75. The van der Waals surface area contributed by atoms with Crippen LogP contribution >= 0.6 is 23.1 Å². The number of anilines is 1.